The van der Waals surface area contributed by atoms with Crippen LogP contribution in [0.15, 0.2) is 11.6 Å². The van der Waals surface area contributed by atoms with Crippen LogP contribution in [0.25, 0.3) is 0 Å². The van der Waals surface area contributed by atoms with E-state index in [9.17, 15) is 9.90 Å². The van der Waals surface area contributed by atoms with E-state index >= 15 is 0 Å². The van der Waals surface area contributed by atoms with Crippen molar-refractivity contribution in [3.8, 4) is 0 Å². The molecule has 4 heteroatoms. The standard InChI is InChI=1S/C13H23NO3/c1-13(2)7-5-6-10(9-15)11(13)8-12(16)14(3)17-4/h6,11,15H,5,7-9H2,1-4H3/t11-/m1/s1. The van der Waals surface area contributed by atoms with E-state index in [2.05, 4.69) is 19.9 Å². The van der Waals surface area contributed by atoms with Crippen LogP contribution >= 0.6 is 0 Å². The second kappa shape index (κ2) is 5.65. The molecule has 0 unspecified atom stereocenters. The van der Waals surface area contributed by atoms with E-state index in [-0.39, 0.29) is 23.8 Å². The Kier molecular flexibility index (Phi) is 4.71. The number of amides is 1. The van der Waals surface area contributed by atoms with Crippen LogP contribution in [0.2, 0.25) is 0 Å². The minimum absolute atomic E-state index is 0.0398. The summed E-state index contributed by atoms with van der Waals surface area (Å²) >= 11 is 0. The number of hydrogen-bond acceptors (Lipinski definition) is 3. The van der Waals surface area contributed by atoms with E-state index < -0.39 is 0 Å². The van der Waals surface area contributed by atoms with Crippen molar-refractivity contribution >= 4 is 5.91 Å². The van der Waals surface area contributed by atoms with E-state index in [0.717, 1.165) is 18.4 Å². The lowest BCUT2D eigenvalue weighted by molar-refractivity contribution is -0.170. The van der Waals surface area contributed by atoms with Gasteiger partial charge in [0, 0.05) is 13.5 Å². The molecule has 0 bridgehead atoms. The molecule has 0 saturated carbocycles. The number of aliphatic hydroxyl groups excluding tert-OH is 1. The Hall–Kier alpha value is -0.870. The molecule has 0 saturated heterocycles. The van der Waals surface area contributed by atoms with E-state index in [1.54, 1.807) is 7.05 Å². The molecular formula is C13H23NO3. The van der Waals surface area contributed by atoms with Crippen molar-refractivity contribution in [3.63, 3.8) is 0 Å². The van der Waals surface area contributed by atoms with Crippen molar-refractivity contribution in [1.29, 1.82) is 0 Å². The molecule has 0 aliphatic heterocycles. The quantitative estimate of drug-likeness (QED) is 0.602. The number of nitrogens with zero attached hydrogens (tertiary/aromatic N) is 1. The first-order valence-electron chi connectivity index (χ1n) is 6.03. The number of allylic oxidation sites excluding steroid dienone is 1. The molecule has 4 nitrogen and oxygen atoms in total. The van der Waals surface area contributed by atoms with Gasteiger partial charge in [-0.05, 0) is 29.7 Å². The second-order valence-corrected chi connectivity index (χ2v) is 5.29. The Labute approximate surface area is 103 Å². The summed E-state index contributed by atoms with van der Waals surface area (Å²) in [5, 5.41) is 10.6. The Morgan fingerprint density at radius 1 is 1.65 bits per heavy atom. The lowest BCUT2D eigenvalue weighted by atomic mass is 9.67. The first-order valence-corrected chi connectivity index (χ1v) is 6.03. The maximum atomic E-state index is 11.9. The summed E-state index contributed by atoms with van der Waals surface area (Å²) in [7, 11) is 3.09. The normalized spacial score (nSPS) is 23.1. The zero-order valence-electron chi connectivity index (χ0n) is 11.2. The van der Waals surface area contributed by atoms with E-state index in [1.165, 1.54) is 12.2 Å². The average Bonchev–Trinajstić information content (AvgIpc) is 2.30. The maximum absolute atomic E-state index is 11.9. The van der Waals surface area contributed by atoms with Crippen LogP contribution in [0.3, 0.4) is 0 Å². The van der Waals surface area contributed by atoms with Gasteiger partial charge in [-0.2, -0.15) is 0 Å². The van der Waals surface area contributed by atoms with Crippen molar-refractivity contribution in [2.75, 3.05) is 20.8 Å². The largest absolute Gasteiger partial charge is 0.392 e. The fourth-order valence-electron chi connectivity index (χ4n) is 2.44. The topological polar surface area (TPSA) is 49.8 Å². The van der Waals surface area contributed by atoms with Crippen LogP contribution in [-0.4, -0.2) is 36.8 Å². The van der Waals surface area contributed by atoms with Crippen molar-refractivity contribution < 1.29 is 14.7 Å². The molecule has 1 amide bonds. The number of rotatable bonds is 4. The molecule has 0 spiro atoms. The average molecular weight is 241 g/mol. The fraction of sp³-hybridized carbons (Fsp3) is 0.769. The van der Waals surface area contributed by atoms with Crippen LogP contribution in [0.4, 0.5) is 0 Å². The summed E-state index contributed by atoms with van der Waals surface area (Å²) in [5.41, 5.74) is 1.04. The van der Waals surface area contributed by atoms with Gasteiger partial charge in [-0.25, -0.2) is 5.06 Å². The molecule has 1 rings (SSSR count). The predicted octanol–water partition coefficient (Wildman–Crippen LogP) is 1.75. The van der Waals surface area contributed by atoms with Crippen LogP contribution in [0.1, 0.15) is 33.1 Å². The zero-order chi connectivity index (χ0) is 13.1. The molecule has 0 aromatic heterocycles. The van der Waals surface area contributed by atoms with Crippen LogP contribution in [0, 0.1) is 11.3 Å². The molecule has 0 radical (unpaired) electrons. The van der Waals surface area contributed by atoms with Gasteiger partial charge in [0.2, 0.25) is 5.91 Å². The van der Waals surface area contributed by atoms with Gasteiger partial charge in [-0.15, -0.1) is 0 Å². The summed E-state index contributed by atoms with van der Waals surface area (Å²) in [6.07, 6.45) is 4.48. The molecule has 1 aliphatic rings. The number of aliphatic hydroxyl groups is 1. The minimum atomic E-state index is -0.0492. The summed E-state index contributed by atoms with van der Waals surface area (Å²) in [6.45, 7) is 4.35. The van der Waals surface area contributed by atoms with Gasteiger partial charge in [-0.3, -0.25) is 9.63 Å². The lowest BCUT2D eigenvalue weighted by Crippen LogP contribution is -2.35. The Morgan fingerprint density at radius 3 is 2.82 bits per heavy atom. The third kappa shape index (κ3) is 3.30. The van der Waals surface area contributed by atoms with Crippen molar-refractivity contribution in [2.45, 2.75) is 33.1 Å². The first-order chi connectivity index (χ1) is 7.92. The SMILES string of the molecule is CON(C)C(=O)C[C@@H]1C(CO)=CCCC1(C)C. The molecule has 0 aromatic carbocycles. The molecule has 0 fully saturated rings. The molecule has 98 valence electrons. The molecule has 0 heterocycles. The number of hydroxylamine groups is 2. The highest BCUT2D eigenvalue weighted by Gasteiger charge is 2.36. The fourth-order valence-corrected chi connectivity index (χ4v) is 2.44. The van der Waals surface area contributed by atoms with Crippen LogP contribution < -0.4 is 0 Å². The van der Waals surface area contributed by atoms with Crippen LogP contribution in [0.5, 0.6) is 0 Å². The zero-order valence-corrected chi connectivity index (χ0v) is 11.2. The number of carbonyl (C=O) groups is 1. The highest BCUT2D eigenvalue weighted by molar-refractivity contribution is 5.75. The van der Waals surface area contributed by atoms with E-state index in [4.69, 9.17) is 4.84 Å². The minimum Gasteiger partial charge on any atom is -0.392 e. The Balaban J connectivity index is 2.80. The van der Waals surface area contributed by atoms with Gasteiger partial charge in [0.05, 0.1) is 13.7 Å². The third-order valence-electron chi connectivity index (χ3n) is 3.77. The highest BCUT2D eigenvalue weighted by atomic mass is 16.7. The number of carbonyl (C=O) groups excluding carboxylic acids is 1. The van der Waals surface area contributed by atoms with Gasteiger partial charge in [0.15, 0.2) is 0 Å². The molecule has 1 atom stereocenters. The molecular weight excluding hydrogens is 218 g/mol. The van der Waals surface area contributed by atoms with Crippen molar-refractivity contribution in [1.82, 2.24) is 5.06 Å². The molecule has 0 aromatic rings. The monoisotopic (exact) mass is 241 g/mol. The summed E-state index contributed by atoms with van der Waals surface area (Å²) in [6, 6.07) is 0. The smallest absolute Gasteiger partial charge is 0.246 e. The maximum Gasteiger partial charge on any atom is 0.246 e. The van der Waals surface area contributed by atoms with Gasteiger partial charge in [0.25, 0.3) is 0 Å². The van der Waals surface area contributed by atoms with Crippen LogP contribution in [-0.2, 0) is 9.63 Å². The van der Waals surface area contributed by atoms with Gasteiger partial charge >= 0.3 is 0 Å². The first kappa shape index (κ1) is 14.2. The predicted molar refractivity (Wildman–Crippen MR) is 66.1 cm³/mol. The molecule has 17 heavy (non-hydrogen) atoms. The van der Waals surface area contributed by atoms with Gasteiger partial charge in [-0.1, -0.05) is 19.9 Å². The molecule has 1 aliphatic carbocycles. The Bertz CT molecular complexity index is 310. The van der Waals surface area contributed by atoms with E-state index in [0.29, 0.717) is 6.42 Å². The summed E-state index contributed by atoms with van der Waals surface area (Å²) < 4.78 is 0. The van der Waals surface area contributed by atoms with Gasteiger partial charge in [0.1, 0.15) is 0 Å². The van der Waals surface area contributed by atoms with Crippen molar-refractivity contribution in [2.24, 2.45) is 11.3 Å². The third-order valence-corrected chi connectivity index (χ3v) is 3.77. The Morgan fingerprint density at radius 2 is 2.29 bits per heavy atom. The van der Waals surface area contributed by atoms with Crippen molar-refractivity contribution in [3.05, 3.63) is 11.6 Å². The second-order valence-electron chi connectivity index (χ2n) is 5.29. The van der Waals surface area contributed by atoms with E-state index in [1.807, 2.05) is 0 Å². The summed E-state index contributed by atoms with van der Waals surface area (Å²) in [5.74, 6) is 0.0539. The van der Waals surface area contributed by atoms with Gasteiger partial charge < -0.3 is 5.11 Å². The summed E-state index contributed by atoms with van der Waals surface area (Å²) in [4.78, 5) is 16.8. The lowest BCUT2D eigenvalue weighted by Gasteiger charge is -2.39. The molecule has 1 N–H and O–H groups in total. The highest BCUT2D eigenvalue weighted by Crippen LogP contribution is 2.42. The number of hydrogen-bond donors (Lipinski definition) is 1.